The Balaban J connectivity index is 2.55. The maximum absolute atomic E-state index is 5.49. The van der Waals surface area contributed by atoms with Gasteiger partial charge in [0, 0.05) is 7.11 Å². The van der Waals surface area contributed by atoms with Crippen LogP contribution in [-0.2, 0) is 4.74 Å². The summed E-state index contributed by atoms with van der Waals surface area (Å²) in [6, 6.07) is 0. The van der Waals surface area contributed by atoms with Gasteiger partial charge >= 0.3 is 0 Å². The summed E-state index contributed by atoms with van der Waals surface area (Å²) >= 11 is 1.92. The highest BCUT2D eigenvalue weighted by Gasteiger charge is 2.34. The number of aliphatic imine (C=N–C) groups is 1. The molecule has 1 aliphatic heterocycles. The van der Waals surface area contributed by atoms with Crippen molar-refractivity contribution in [1.29, 1.82) is 0 Å². The zero-order chi connectivity index (χ0) is 10.4. The van der Waals surface area contributed by atoms with E-state index in [-0.39, 0.29) is 4.75 Å². The van der Waals surface area contributed by atoms with E-state index in [0.29, 0.717) is 13.2 Å². The van der Waals surface area contributed by atoms with Crippen LogP contribution in [0.25, 0.3) is 0 Å². The monoisotopic (exact) mass is 217 g/mol. The Labute approximate surface area is 89.6 Å². The fraction of sp³-hybridized carbons (Fsp3) is 0.889. The normalized spacial score (nSPS) is 28.1. The summed E-state index contributed by atoms with van der Waals surface area (Å²) in [5, 5.41) is 0. The first-order chi connectivity index (χ1) is 6.73. The predicted octanol–water partition coefficient (Wildman–Crippen LogP) is 0.780. The Kier molecular flexibility index (Phi) is 4.71. The molecule has 0 aromatic heterocycles. The van der Waals surface area contributed by atoms with E-state index in [1.807, 2.05) is 11.8 Å². The summed E-state index contributed by atoms with van der Waals surface area (Å²) in [6.45, 7) is 3.51. The number of nitrogens with two attached hydrogens (primary N) is 1. The molecule has 1 saturated heterocycles. The lowest BCUT2D eigenvalue weighted by molar-refractivity contribution is 0.208. The quantitative estimate of drug-likeness (QED) is 0.240. The summed E-state index contributed by atoms with van der Waals surface area (Å²) in [5.74, 6) is 7.58. The van der Waals surface area contributed by atoms with Crippen molar-refractivity contribution in [2.75, 3.05) is 26.0 Å². The number of hydrazine groups is 1. The lowest BCUT2D eigenvalue weighted by Crippen LogP contribution is -2.44. The van der Waals surface area contributed by atoms with Crippen LogP contribution in [0.1, 0.15) is 19.8 Å². The molecular formula is C9H19N3OS. The molecule has 5 heteroatoms. The van der Waals surface area contributed by atoms with Gasteiger partial charge in [-0.25, -0.2) is 5.84 Å². The molecule has 0 bridgehead atoms. The topological polar surface area (TPSA) is 59.6 Å². The number of methoxy groups -OCH3 is 1. The van der Waals surface area contributed by atoms with Crippen LogP contribution >= 0.6 is 11.8 Å². The van der Waals surface area contributed by atoms with E-state index in [1.165, 1.54) is 12.2 Å². The molecule has 1 atom stereocenters. The van der Waals surface area contributed by atoms with Gasteiger partial charge in [0.2, 0.25) is 0 Å². The minimum Gasteiger partial charge on any atom is -0.383 e. The molecule has 1 aliphatic rings. The van der Waals surface area contributed by atoms with Crippen LogP contribution in [0.2, 0.25) is 0 Å². The van der Waals surface area contributed by atoms with Gasteiger partial charge in [-0.2, -0.15) is 0 Å². The molecule has 0 aromatic carbocycles. The fourth-order valence-electron chi connectivity index (χ4n) is 1.58. The van der Waals surface area contributed by atoms with Crippen LogP contribution in [0.4, 0.5) is 0 Å². The first-order valence-corrected chi connectivity index (χ1v) is 5.86. The van der Waals surface area contributed by atoms with E-state index >= 15 is 0 Å². The largest absolute Gasteiger partial charge is 0.383 e. The third-order valence-corrected chi connectivity index (χ3v) is 3.95. The number of nitrogens with zero attached hydrogens (tertiary/aromatic N) is 1. The Morgan fingerprint density at radius 3 is 3.00 bits per heavy atom. The first kappa shape index (κ1) is 11.8. The molecule has 4 nitrogen and oxygen atoms in total. The van der Waals surface area contributed by atoms with Crippen molar-refractivity contribution < 1.29 is 4.74 Å². The fourth-order valence-corrected chi connectivity index (χ4v) is 2.87. The maximum atomic E-state index is 5.49. The summed E-state index contributed by atoms with van der Waals surface area (Å²) < 4.78 is 5.04. The molecule has 0 amide bonds. The molecule has 0 saturated carbocycles. The molecule has 0 aliphatic carbocycles. The van der Waals surface area contributed by atoms with Gasteiger partial charge in [-0.05, 0) is 25.5 Å². The number of rotatable bonds is 4. The lowest BCUT2D eigenvalue weighted by Gasteiger charge is -2.24. The number of hydrogen-bond donors (Lipinski definition) is 2. The highest BCUT2D eigenvalue weighted by atomic mass is 32.2. The number of nitrogens with one attached hydrogen (secondary N) is 1. The minimum atomic E-state index is 0.0858. The zero-order valence-electron chi connectivity index (χ0n) is 8.88. The van der Waals surface area contributed by atoms with Crippen LogP contribution in [0.3, 0.4) is 0 Å². The Morgan fingerprint density at radius 1 is 1.71 bits per heavy atom. The molecule has 1 unspecified atom stereocenters. The Bertz CT molecular complexity index is 202. The zero-order valence-corrected chi connectivity index (χ0v) is 9.69. The van der Waals surface area contributed by atoms with Crippen molar-refractivity contribution in [1.82, 2.24) is 5.43 Å². The number of thioether (sulfide) groups is 1. The average molecular weight is 217 g/mol. The Morgan fingerprint density at radius 2 is 2.50 bits per heavy atom. The first-order valence-electron chi connectivity index (χ1n) is 4.87. The summed E-state index contributed by atoms with van der Waals surface area (Å²) in [7, 11) is 1.68. The molecule has 14 heavy (non-hydrogen) atoms. The van der Waals surface area contributed by atoms with Crippen molar-refractivity contribution in [2.24, 2.45) is 10.8 Å². The number of amidine groups is 1. The van der Waals surface area contributed by atoms with Gasteiger partial charge in [-0.15, -0.1) is 11.8 Å². The molecule has 1 rings (SSSR count). The van der Waals surface area contributed by atoms with Crippen LogP contribution in [0.5, 0.6) is 0 Å². The van der Waals surface area contributed by atoms with Crippen molar-refractivity contribution in [2.45, 2.75) is 24.5 Å². The van der Waals surface area contributed by atoms with Crippen molar-refractivity contribution >= 4 is 17.6 Å². The highest BCUT2D eigenvalue weighted by molar-refractivity contribution is 8.01. The third-order valence-electron chi connectivity index (χ3n) is 2.42. The second-order valence-corrected chi connectivity index (χ2v) is 5.15. The molecule has 1 fully saturated rings. The van der Waals surface area contributed by atoms with E-state index in [0.717, 1.165) is 12.3 Å². The van der Waals surface area contributed by atoms with E-state index < -0.39 is 0 Å². The lowest BCUT2D eigenvalue weighted by atomic mass is 10.0. The standard InChI is InChI=1S/C9H19N3OS/c1-9(4-3-7-14-9)8(12-10)11-5-6-13-2/h3-7,10H2,1-2H3,(H,11,12). The highest BCUT2D eigenvalue weighted by Crippen LogP contribution is 2.38. The summed E-state index contributed by atoms with van der Waals surface area (Å²) in [5.41, 5.74) is 2.72. The van der Waals surface area contributed by atoms with Crippen molar-refractivity contribution in [3.05, 3.63) is 0 Å². The smallest absolute Gasteiger partial charge is 0.127 e. The van der Waals surface area contributed by atoms with Gasteiger partial charge in [0.25, 0.3) is 0 Å². The van der Waals surface area contributed by atoms with E-state index in [1.54, 1.807) is 7.11 Å². The average Bonchev–Trinajstić information content (AvgIpc) is 2.61. The molecule has 0 radical (unpaired) electrons. The van der Waals surface area contributed by atoms with Gasteiger partial charge in [0.15, 0.2) is 0 Å². The van der Waals surface area contributed by atoms with E-state index in [2.05, 4.69) is 17.3 Å². The van der Waals surface area contributed by atoms with Gasteiger partial charge in [0.05, 0.1) is 17.9 Å². The maximum Gasteiger partial charge on any atom is 0.127 e. The van der Waals surface area contributed by atoms with Gasteiger partial charge < -0.3 is 10.2 Å². The van der Waals surface area contributed by atoms with Gasteiger partial charge in [0.1, 0.15) is 5.84 Å². The van der Waals surface area contributed by atoms with E-state index in [9.17, 15) is 0 Å². The van der Waals surface area contributed by atoms with Crippen LogP contribution in [0, 0.1) is 0 Å². The molecular weight excluding hydrogens is 198 g/mol. The minimum absolute atomic E-state index is 0.0858. The Hall–Kier alpha value is -0.260. The number of hydrogen-bond acceptors (Lipinski definition) is 4. The molecule has 0 spiro atoms. The molecule has 3 N–H and O–H groups in total. The van der Waals surface area contributed by atoms with Crippen LogP contribution in [0.15, 0.2) is 4.99 Å². The predicted molar refractivity (Wildman–Crippen MR) is 61.6 cm³/mol. The van der Waals surface area contributed by atoms with Gasteiger partial charge in [-0.3, -0.25) is 4.99 Å². The second kappa shape index (κ2) is 5.58. The van der Waals surface area contributed by atoms with Crippen molar-refractivity contribution in [3.8, 4) is 0 Å². The van der Waals surface area contributed by atoms with Crippen LogP contribution in [-0.4, -0.2) is 36.6 Å². The molecule has 82 valence electrons. The van der Waals surface area contributed by atoms with E-state index in [4.69, 9.17) is 10.6 Å². The SMILES string of the molecule is COCCN=C(NN)C1(C)CCCS1. The molecule has 0 aromatic rings. The third kappa shape index (κ3) is 2.87. The van der Waals surface area contributed by atoms with Crippen molar-refractivity contribution in [3.63, 3.8) is 0 Å². The molecule has 1 heterocycles. The second-order valence-electron chi connectivity index (χ2n) is 3.55. The summed E-state index contributed by atoms with van der Waals surface area (Å²) in [6.07, 6.45) is 2.39. The van der Waals surface area contributed by atoms with Crippen LogP contribution < -0.4 is 11.3 Å². The summed E-state index contributed by atoms with van der Waals surface area (Å²) in [4.78, 5) is 4.42. The number of ether oxygens (including phenoxy) is 1. The van der Waals surface area contributed by atoms with Gasteiger partial charge in [-0.1, -0.05) is 0 Å².